The first-order chi connectivity index (χ1) is 6.72. The molecule has 14 heavy (non-hydrogen) atoms. The maximum atomic E-state index is 8.78. The number of aliphatic imine (C=N–C) groups is 1. The highest BCUT2D eigenvalue weighted by atomic mass is 16.3. The average molecular weight is 199 g/mol. The smallest absolute Gasteiger partial charge is 0.0909 e. The largest absolute Gasteiger partial charge is 0.395 e. The topological polar surface area (TPSA) is 39.1 Å². The Kier molecular flexibility index (Phi) is 5.07. The molecule has 4 nitrogen and oxygen atoms in total. The van der Waals surface area contributed by atoms with E-state index in [9.17, 15) is 0 Å². The summed E-state index contributed by atoms with van der Waals surface area (Å²) in [5.74, 6) is 0. The van der Waals surface area contributed by atoms with Gasteiger partial charge in [0.25, 0.3) is 0 Å². The highest BCUT2D eigenvalue weighted by Crippen LogP contribution is 2.00. The molecule has 0 unspecified atom stereocenters. The van der Waals surface area contributed by atoms with Crippen molar-refractivity contribution in [3.8, 4) is 0 Å². The Morgan fingerprint density at radius 3 is 2.21 bits per heavy atom. The van der Waals surface area contributed by atoms with E-state index in [2.05, 4.69) is 14.8 Å². The summed E-state index contributed by atoms with van der Waals surface area (Å²) in [6, 6.07) is 0. The number of piperazine rings is 1. The van der Waals surface area contributed by atoms with Gasteiger partial charge < -0.3 is 5.11 Å². The van der Waals surface area contributed by atoms with E-state index < -0.39 is 0 Å². The molecule has 0 radical (unpaired) electrons. The van der Waals surface area contributed by atoms with Gasteiger partial charge in [-0.3, -0.25) is 14.8 Å². The highest BCUT2D eigenvalue weighted by molar-refractivity contribution is 5.78. The molecule has 1 N–H and O–H groups in total. The molecule has 1 fully saturated rings. The van der Waals surface area contributed by atoms with Crippen LogP contribution < -0.4 is 0 Å². The Hall–Kier alpha value is -0.450. The zero-order chi connectivity index (χ0) is 10.4. The van der Waals surface area contributed by atoms with Gasteiger partial charge in [-0.2, -0.15) is 0 Å². The van der Waals surface area contributed by atoms with E-state index in [1.54, 1.807) is 0 Å². The minimum Gasteiger partial charge on any atom is -0.395 e. The molecule has 1 heterocycles. The lowest BCUT2D eigenvalue weighted by molar-refractivity contribution is 0.115. The van der Waals surface area contributed by atoms with Crippen molar-refractivity contribution in [1.82, 2.24) is 9.80 Å². The van der Waals surface area contributed by atoms with Crippen molar-refractivity contribution >= 4 is 5.71 Å². The summed E-state index contributed by atoms with van der Waals surface area (Å²) in [7, 11) is 0. The van der Waals surface area contributed by atoms with Crippen molar-refractivity contribution < 1.29 is 5.11 Å². The maximum absolute atomic E-state index is 8.78. The van der Waals surface area contributed by atoms with Crippen LogP contribution in [0.25, 0.3) is 0 Å². The molecule has 1 aliphatic heterocycles. The highest BCUT2D eigenvalue weighted by Gasteiger charge is 2.14. The van der Waals surface area contributed by atoms with E-state index in [0.717, 1.165) is 45.1 Å². The molecule has 0 aromatic heterocycles. The van der Waals surface area contributed by atoms with E-state index in [1.165, 1.54) is 0 Å². The Labute approximate surface area is 86.2 Å². The van der Waals surface area contributed by atoms with Crippen molar-refractivity contribution in [2.45, 2.75) is 13.8 Å². The predicted octanol–water partition coefficient (Wildman–Crippen LogP) is 0.0346. The van der Waals surface area contributed by atoms with E-state index in [1.807, 2.05) is 13.8 Å². The molecule has 0 bridgehead atoms. The minimum absolute atomic E-state index is 0.270. The average Bonchev–Trinajstić information content (AvgIpc) is 2.17. The predicted molar refractivity (Wildman–Crippen MR) is 58.7 cm³/mol. The molecule has 1 saturated heterocycles. The normalized spacial score (nSPS) is 19.6. The minimum atomic E-state index is 0.270. The van der Waals surface area contributed by atoms with Crippen LogP contribution in [0.3, 0.4) is 0 Å². The molecule has 82 valence electrons. The molecule has 0 aliphatic carbocycles. The van der Waals surface area contributed by atoms with Gasteiger partial charge in [-0.1, -0.05) is 0 Å². The van der Waals surface area contributed by atoms with Crippen LogP contribution in [0.4, 0.5) is 0 Å². The first-order valence-corrected chi connectivity index (χ1v) is 5.25. The van der Waals surface area contributed by atoms with Crippen LogP contribution in [0.1, 0.15) is 13.8 Å². The fraction of sp³-hybridized carbons (Fsp3) is 0.900. The molecule has 1 aliphatic rings. The van der Waals surface area contributed by atoms with Crippen LogP contribution in [0.2, 0.25) is 0 Å². The van der Waals surface area contributed by atoms with Gasteiger partial charge in [0.05, 0.1) is 13.3 Å². The standard InChI is InChI=1S/C10H21N3O/c1-10(2)11-9-13-5-3-12(4-6-13)7-8-14/h14H,3-9H2,1-2H3. The van der Waals surface area contributed by atoms with Crippen molar-refractivity contribution in [2.24, 2.45) is 4.99 Å². The van der Waals surface area contributed by atoms with Crippen molar-refractivity contribution in [3.63, 3.8) is 0 Å². The van der Waals surface area contributed by atoms with E-state index >= 15 is 0 Å². The molecule has 0 atom stereocenters. The van der Waals surface area contributed by atoms with Gasteiger partial charge in [0.15, 0.2) is 0 Å². The molecular weight excluding hydrogens is 178 g/mol. The van der Waals surface area contributed by atoms with Gasteiger partial charge in [-0.05, 0) is 13.8 Å². The lowest BCUT2D eigenvalue weighted by atomic mass is 10.3. The summed E-state index contributed by atoms with van der Waals surface area (Å²) in [5.41, 5.74) is 1.14. The number of aliphatic hydroxyl groups excluding tert-OH is 1. The Bertz CT molecular complexity index is 182. The molecule has 4 heteroatoms. The fourth-order valence-electron chi connectivity index (χ4n) is 1.54. The second kappa shape index (κ2) is 6.11. The lowest BCUT2D eigenvalue weighted by Gasteiger charge is -2.33. The first kappa shape index (κ1) is 11.6. The maximum Gasteiger partial charge on any atom is 0.0909 e. The van der Waals surface area contributed by atoms with E-state index in [4.69, 9.17) is 5.11 Å². The zero-order valence-electron chi connectivity index (χ0n) is 9.24. The van der Waals surface area contributed by atoms with Crippen LogP contribution in [-0.2, 0) is 0 Å². The molecule has 1 rings (SSSR count). The van der Waals surface area contributed by atoms with Crippen molar-refractivity contribution in [3.05, 3.63) is 0 Å². The van der Waals surface area contributed by atoms with Crippen LogP contribution in [0, 0.1) is 0 Å². The molecule has 0 aromatic rings. The third kappa shape index (κ3) is 4.17. The number of hydrogen-bond acceptors (Lipinski definition) is 4. The number of β-amino-alcohol motifs (C(OH)–C–C–N with tert-alkyl or cyclic N) is 1. The van der Waals surface area contributed by atoms with Gasteiger partial charge >= 0.3 is 0 Å². The Balaban J connectivity index is 2.19. The van der Waals surface area contributed by atoms with Crippen LogP contribution >= 0.6 is 0 Å². The summed E-state index contributed by atoms with van der Waals surface area (Å²) in [4.78, 5) is 9.03. The van der Waals surface area contributed by atoms with Crippen LogP contribution in [0.15, 0.2) is 4.99 Å². The summed E-state index contributed by atoms with van der Waals surface area (Å²) in [6.07, 6.45) is 0. The second-order valence-electron chi connectivity index (χ2n) is 3.93. The van der Waals surface area contributed by atoms with Crippen molar-refractivity contribution in [2.75, 3.05) is 46.0 Å². The number of nitrogens with zero attached hydrogens (tertiary/aromatic N) is 3. The van der Waals surface area contributed by atoms with Crippen LogP contribution in [0.5, 0.6) is 0 Å². The third-order valence-electron chi connectivity index (χ3n) is 2.47. The Morgan fingerprint density at radius 2 is 1.71 bits per heavy atom. The molecular formula is C10H21N3O. The summed E-state index contributed by atoms with van der Waals surface area (Å²) < 4.78 is 0. The molecule has 0 aromatic carbocycles. The van der Waals surface area contributed by atoms with Gasteiger partial charge in [-0.25, -0.2) is 0 Å². The monoisotopic (exact) mass is 199 g/mol. The second-order valence-corrected chi connectivity index (χ2v) is 3.93. The van der Waals surface area contributed by atoms with Gasteiger partial charge in [0.2, 0.25) is 0 Å². The van der Waals surface area contributed by atoms with Gasteiger partial charge in [0, 0.05) is 38.4 Å². The van der Waals surface area contributed by atoms with E-state index in [-0.39, 0.29) is 6.61 Å². The lowest BCUT2D eigenvalue weighted by Crippen LogP contribution is -2.47. The zero-order valence-corrected chi connectivity index (χ0v) is 9.24. The fourth-order valence-corrected chi connectivity index (χ4v) is 1.54. The molecule has 0 amide bonds. The van der Waals surface area contributed by atoms with Gasteiger partial charge in [0.1, 0.15) is 0 Å². The van der Waals surface area contributed by atoms with Gasteiger partial charge in [-0.15, -0.1) is 0 Å². The third-order valence-corrected chi connectivity index (χ3v) is 2.47. The quantitative estimate of drug-likeness (QED) is 0.650. The number of aliphatic hydroxyl groups is 1. The summed E-state index contributed by atoms with van der Waals surface area (Å²) in [6.45, 7) is 10.2. The van der Waals surface area contributed by atoms with Crippen molar-refractivity contribution in [1.29, 1.82) is 0 Å². The Morgan fingerprint density at radius 1 is 1.14 bits per heavy atom. The first-order valence-electron chi connectivity index (χ1n) is 5.25. The molecule has 0 spiro atoms. The number of hydrogen-bond donors (Lipinski definition) is 1. The molecule has 0 saturated carbocycles. The summed E-state index contributed by atoms with van der Waals surface area (Å²) in [5, 5.41) is 8.78. The summed E-state index contributed by atoms with van der Waals surface area (Å²) >= 11 is 0. The van der Waals surface area contributed by atoms with Crippen LogP contribution in [-0.4, -0.2) is 66.6 Å². The number of rotatable bonds is 4. The SMILES string of the molecule is CC(C)=NCN1CCN(CCO)CC1. The van der Waals surface area contributed by atoms with E-state index in [0.29, 0.717) is 0 Å².